The Bertz CT molecular complexity index is 587. The van der Waals surface area contributed by atoms with Crippen LogP contribution in [0.1, 0.15) is 12.0 Å². The number of morpholine rings is 1. The summed E-state index contributed by atoms with van der Waals surface area (Å²) in [4.78, 5) is 6.52. The standard InChI is InChI=1S/C17H26F2N4O3.HI/c1-24-14-4-3-13(15(11-14)26-16(18)19)12-22-17(20)21-5-2-6-23-7-9-25-10-8-23;/h3-4,11,16H,2,5-10,12H2,1H3,(H3,20,21,22);1H. The number of halogens is 3. The minimum absolute atomic E-state index is 0. The fraction of sp³-hybridized carbons (Fsp3) is 0.588. The Hall–Kier alpha value is -1.40. The number of rotatable bonds is 9. The van der Waals surface area contributed by atoms with Crippen LogP contribution in [-0.2, 0) is 11.3 Å². The summed E-state index contributed by atoms with van der Waals surface area (Å²) >= 11 is 0. The molecule has 27 heavy (non-hydrogen) atoms. The van der Waals surface area contributed by atoms with E-state index < -0.39 is 6.61 Å². The second-order valence-electron chi connectivity index (χ2n) is 5.79. The van der Waals surface area contributed by atoms with Gasteiger partial charge in [-0.15, -0.1) is 24.0 Å². The molecule has 0 bridgehead atoms. The first-order chi connectivity index (χ1) is 12.6. The first kappa shape index (κ1) is 23.6. The van der Waals surface area contributed by atoms with Crippen LogP contribution in [0.15, 0.2) is 23.2 Å². The molecule has 0 unspecified atom stereocenters. The van der Waals surface area contributed by atoms with Crippen molar-refractivity contribution in [2.45, 2.75) is 19.6 Å². The summed E-state index contributed by atoms with van der Waals surface area (Å²) in [6, 6.07) is 4.70. The second kappa shape index (κ2) is 12.9. The number of alkyl halides is 2. The lowest BCUT2D eigenvalue weighted by atomic mass is 10.2. The van der Waals surface area contributed by atoms with E-state index in [-0.39, 0.29) is 42.2 Å². The Labute approximate surface area is 175 Å². The fourth-order valence-electron chi connectivity index (χ4n) is 2.57. The molecule has 1 aliphatic rings. The topological polar surface area (TPSA) is 81.3 Å². The van der Waals surface area contributed by atoms with E-state index in [1.807, 2.05) is 0 Å². The molecule has 0 saturated carbocycles. The molecule has 3 N–H and O–H groups in total. The number of aliphatic imine (C=N–C) groups is 1. The second-order valence-corrected chi connectivity index (χ2v) is 5.79. The summed E-state index contributed by atoms with van der Waals surface area (Å²) in [5.74, 6) is 0.733. The molecule has 1 heterocycles. The molecular weight excluding hydrogens is 473 g/mol. The predicted molar refractivity (Wildman–Crippen MR) is 110 cm³/mol. The van der Waals surface area contributed by atoms with Crippen LogP contribution >= 0.6 is 24.0 Å². The molecule has 0 aromatic heterocycles. The van der Waals surface area contributed by atoms with E-state index in [0.29, 0.717) is 17.9 Å². The van der Waals surface area contributed by atoms with Gasteiger partial charge < -0.3 is 25.3 Å². The van der Waals surface area contributed by atoms with Gasteiger partial charge in [0, 0.05) is 31.3 Å². The zero-order valence-electron chi connectivity index (χ0n) is 15.3. The van der Waals surface area contributed by atoms with Gasteiger partial charge in [0.15, 0.2) is 5.96 Å². The highest BCUT2D eigenvalue weighted by Crippen LogP contribution is 2.26. The van der Waals surface area contributed by atoms with E-state index in [0.717, 1.165) is 39.3 Å². The van der Waals surface area contributed by atoms with E-state index in [9.17, 15) is 8.78 Å². The summed E-state index contributed by atoms with van der Waals surface area (Å²) < 4.78 is 39.9. The van der Waals surface area contributed by atoms with Crippen LogP contribution < -0.4 is 20.5 Å². The van der Waals surface area contributed by atoms with Gasteiger partial charge in [-0.3, -0.25) is 4.90 Å². The van der Waals surface area contributed by atoms with Crippen LogP contribution in [0.4, 0.5) is 8.78 Å². The van der Waals surface area contributed by atoms with E-state index >= 15 is 0 Å². The van der Waals surface area contributed by atoms with Gasteiger partial charge >= 0.3 is 6.61 Å². The third kappa shape index (κ3) is 8.89. The molecule has 0 atom stereocenters. The van der Waals surface area contributed by atoms with E-state index in [4.69, 9.17) is 15.2 Å². The smallest absolute Gasteiger partial charge is 0.387 e. The number of ether oxygens (including phenoxy) is 3. The van der Waals surface area contributed by atoms with Crippen LogP contribution in [0, 0.1) is 0 Å². The summed E-state index contributed by atoms with van der Waals surface area (Å²) in [5, 5.41) is 3.03. The highest BCUT2D eigenvalue weighted by atomic mass is 127. The predicted octanol–water partition coefficient (Wildman–Crippen LogP) is 2.04. The molecule has 2 rings (SSSR count). The van der Waals surface area contributed by atoms with Crippen molar-refractivity contribution >= 4 is 29.9 Å². The summed E-state index contributed by atoms with van der Waals surface area (Å²) in [6.45, 7) is 2.34. The third-order valence-electron chi connectivity index (χ3n) is 3.97. The molecule has 0 spiro atoms. The maximum atomic E-state index is 12.5. The summed E-state index contributed by atoms with van der Waals surface area (Å²) in [6.07, 6.45) is 0.929. The Morgan fingerprint density at radius 2 is 2.11 bits per heavy atom. The highest BCUT2D eigenvalue weighted by Gasteiger charge is 2.11. The largest absolute Gasteiger partial charge is 0.497 e. The van der Waals surface area contributed by atoms with Crippen molar-refractivity contribution in [3.63, 3.8) is 0 Å². The van der Waals surface area contributed by atoms with Gasteiger partial charge in [-0.2, -0.15) is 8.78 Å². The fourth-order valence-corrected chi connectivity index (χ4v) is 2.57. The normalized spacial score (nSPS) is 15.3. The van der Waals surface area contributed by atoms with Gasteiger partial charge in [-0.05, 0) is 25.1 Å². The van der Waals surface area contributed by atoms with Crippen LogP contribution in [0.5, 0.6) is 11.5 Å². The molecule has 0 aliphatic carbocycles. The zero-order chi connectivity index (χ0) is 18.8. The lowest BCUT2D eigenvalue weighted by Gasteiger charge is -2.26. The number of hydrogen-bond acceptors (Lipinski definition) is 5. The minimum Gasteiger partial charge on any atom is -0.497 e. The number of guanidine groups is 1. The van der Waals surface area contributed by atoms with Crippen molar-refractivity contribution < 1.29 is 23.0 Å². The lowest BCUT2D eigenvalue weighted by molar-refractivity contribution is -0.0505. The van der Waals surface area contributed by atoms with Crippen molar-refractivity contribution in [1.29, 1.82) is 0 Å². The molecule has 10 heteroatoms. The van der Waals surface area contributed by atoms with Crippen molar-refractivity contribution in [3.8, 4) is 11.5 Å². The minimum atomic E-state index is -2.92. The average molecular weight is 500 g/mol. The van der Waals surface area contributed by atoms with Crippen molar-refractivity contribution in [1.82, 2.24) is 10.2 Å². The Kier molecular flexibility index (Phi) is 11.3. The zero-order valence-corrected chi connectivity index (χ0v) is 17.7. The van der Waals surface area contributed by atoms with Gasteiger partial charge in [0.1, 0.15) is 11.5 Å². The Balaban J connectivity index is 0.00000364. The van der Waals surface area contributed by atoms with E-state index in [1.165, 1.54) is 13.2 Å². The van der Waals surface area contributed by atoms with Gasteiger partial charge in [0.25, 0.3) is 0 Å². The SMILES string of the molecule is COc1ccc(CN=C(N)NCCCN2CCOCC2)c(OC(F)F)c1.I. The quantitative estimate of drug-likeness (QED) is 0.234. The molecule has 1 aromatic carbocycles. The maximum Gasteiger partial charge on any atom is 0.387 e. The summed E-state index contributed by atoms with van der Waals surface area (Å²) in [5.41, 5.74) is 6.34. The molecule has 0 amide bonds. The number of nitrogens with zero attached hydrogens (tertiary/aromatic N) is 2. The van der Waals surface area contributed by atoms with Crippen molar-refractivity contribution in [2.24, 2.45) is 10.7 Å². The van der Waals surface area contributed by atoms with Crippen molar-refractivity contribution in [3.05, 3.63) is 23.8 Å². The Morgan fingerprint density at radius 1 is 1.37 bits per heavy atom. The van der Waals surface area contributed by atoms with Crippen LogP contribution in [-0.4, -0.2) is 64.0 Å². The van der Waals surface area contributed by atoms with E-state index in [2.05, 4.69) is 19.9 Å². The molecule has 1 aromatic rings. The highest BCUT2D eigenvalue weighted by molar-refractivity contribution is 14.0. The van der Waals surface area contributed by atoms with Crippen LogP contribution in [0.25, 0.3) is 0 Å². The molecule has 7 nitrogen and oxygen atoms in total. The van der Waals surface area contributed by atoms with Gasteiger partial charge in [0.2, 0.25) is 0 Å². The third-order valence-corrected chi connectivity index (χ3v) is 3.97. The average Bonchev–Trinajstić information content (AvgIpc) is 2.64. The number of nitrogens with one attached hydrogen (secondary N) is 1. The molecular formula is C17H27F2IN4O3. The molecule has 1 saturated heterocycles. The van der Waals surface area contributed by atoms with Crippen LogP contribution in [0.3, 0.4) is 0 Å². The summed E-state index contributed by atoms with van der Waals surface area (Å²) in [7, 11) is 1.46. The first-order valence-electron chi connectivity index (χ1n) is 8.54. The molecule has 1 fully saturated rings. The van der Waals surface area contributed by atoms with E-state index in [1.54, 1.807) is 12.1 Å². The number of benzene rings is 1. The maximum absolute atomic E-state index is 12.5. The first-order valence-corrected chi connectivity index (χ1v) is 8.54. The number of methoxy groups -OCH3 is 1. The molecule has 1 aliphatic heterocycles. The lowest BCUT2D eigenvalue weighted by Crippen LogP contribution is -2.39. The Morgan fingerprint density at radius 3 is 2.78 bits per heavy atom. The van der Waals surface area contributed by atoms with Crippen molar-refractivity contribution in [2.75, 3.05) is 46.5 Å². The monoisotopic (exact) mass is 500 g/mol. The van der Waals surface area contributed by atoms with Crippen LogP contribution in [0.2, 0.25) is 0 Å². The number of nitrogens with two attached hydrogens (primary N) is 1. The molecule has 154 valence electrons. The van der Waals surface area contributed by atoms with Gasteiger partial charge in [0.05, 0.1) is 26.9 Å². The number of hydrogen-bond donors (Lipinski definition) is 2. The van der Waals surface area contributed by atoms with Gasteiger partial charge in [-0.25, -0.2) is 4.99 Å². The van der Waals surface area contributed by atoms with Gasteiger partial charge in [-0.1, -0.05) is 0 Å². The molecule has 0 radical (unpaired) electrons.